The van der Waals surface area contributed by atoms with Gasteiger partial charge in [0.15, 0.2) is 0 Å². The minimum absolute atomic E-state index is 0.0576. The van der Waals surface area contributed by atoms with E-state index in [2.05, 4.69) is 38.1 Å². The van der Waals surface area contributed by atoms with Gasteiger partial charge in [0, 0.05) is 35.7 Å². The van der Waals surface area contributed by atoms with Crippen molar-refractivity contribution in [2.24, 2.45) is 0 Å². The first-order valence-electron chi connectivity index (χ1n) is 11.9. The van der Waals surface area contributed by atoms with Crippen molar-refractivity contribution in [3.63, 3.8) is 0 Å². The molecule has 1 aliphatic carbocycles. The van der Waals surface area contributed by atoms with Crippen LogP contribution in [0.5, 0.6) is 0 Å². The van der Waals surface area contributed by atoms with Crippen LogP contribution in [-0.4, -0.2) is 48.4 Å². The summed E-state index contributed by atoms with van der Waals surface area (Å²) in [7, 11) is 0. The highest BCUT2D eigenvalue weighted by Gasteiger charge is 2.38. The van der Waals surface area contributed by atoms with E-state index in [0.29, 0.717) is 5.69 Å². The number of aromatic nitrogens is 4. The summed E-state index contributed by atoms with van der Waals surface area (Å²) in [4.78, 5) is 26.2. The highest BCUT2D eigenvalue weighted by atomic mass is 19.4. The molecule has 2 N–H and O–H groups in total. The fraction of sp³-hybridized carbons (Fsp3) is 0.308. The third-order valence-corrected chi connectivity index (χ3v) is 6.15. The van der Waals surface area contributed by atoms with Crippen molar-refractivity contribution in [2.75, 3.05) is 0 Å². The number of rotatable bonds is 4. The van der Waals surface area contributed by atoms with Gasteiger partial charge in [-0.05, 0) is 48.7 Å². The van der Waals surface area contributed by atoms with Gasteiger partial charge in [-0.15, -0.1) is 0 Å². The molecule has 0 unspecified atom stereocenters. The first kappa shape index (κ1) is 25.9. The predicted octanol–water partition coefficient (Wildman–Crippen LogP) is 5.27. The zero-order valence-corrected chi connectivity index (χ0v) is 19.9. The summed E-state index contributed by atoms with van der Waals surface area (Å²) < 4.78 is 35.5. The number of carbonyl (C=O) groups is 2. The number of carboxylic acid groups (broad SMARTS) is 1. The number of nitrogens with zero attached hydrogens (tertiary/aromatic N) is 4. The van der Waals surface area contributed by atoms with E-state index >= 15 is 0 Å². The molecule has 4 heterocycles. The first-order valence-corrected chi connectivity index (χ1v) is 11.9. The monoisotopic (exact) mass is 513 g/mol. The molecule has 11 heteroatoms. The Hall–Kier alpha value is -4.15. The summed E-state index contributed by atoms with van der Waals surface area (Å²) in [5.74, 6) is -1.97. The van der Waals surface area contributed by atoms with Crippen molar-refractivity contribution in [3.05, 3.63) is 72.9 Å². The fourth-order valence-corrected chi connectivity index (χ4v) is 4.30. The van der Waals surface area contributed by atoms with Crippen LogP contribution in [0.15, 0.2) is 67.3 Å². The Bertz CT molecular complexity index is 1360. The number of carboxylic acids is 1. The molecule has 0 saturated heterocycles. The van der Waals surface area contributed by atoms with E-state index < -0.39 is 12.1 Å². The van der Waals surface area contributed by atoms with Crippen LogP contribution in [0.25, 0.3) is 22.5 Å². The Labute approximate surface area is 210 Å². The van der Waals surface area contributed by atoms with E-state index in [1.165, 1.54) is 25.7 Å². The summed E-state index contributed by atoms with van der Waals surface area (Å²) in [6, 6.07) is 14.2. The van der Waals surface area contributed by atoms with Gasteiger partial charge in [-0.2, -0.15) is 18.3 Å². The Morgan fingerprint density at radius 1 is 0.946 bits per heavy atom. The summed E-state index contributed by atoms with van der Waals surface area (Å²) in [5, 5.41) is 14.8. The largest absolute Gasteiger partial charge is 0.490 e. The molecule has 0 aromatic carbocycles. The van der Waals surface area contributed by atoms with E-state index in [9.17, 15) is 18.0 Å². The average Bonchev–Trinajstić information content (AvgIpc) is 3.45. The number of amides is 1. The molecule has 37 heavy (non-hydrogen) atoms. The van der Waals surface area contributed by atoms with Gasteiger partial charge in [0.1, 0.15) is 11.5 Å². The van der Waals surface area contributed by atoms with E-state index in [0.717, 1.165) is 35.3 Å². The molecule has 0 spiro atoms. The molecule has 4 aromatic heterocycles. The third-order valence-electron chi connectivity index (χ3n) is 6.15. The van der Waals surface area contributed by atoms with Crippen molar-refractivity contribution in [2.45, 2.75) is 50.7 Å². The van der Waals surface area contributed by atoms with Gasteiger partial charge in [0.2, 0.25) is 0 Å². The van der Waals surface area contributed by atoms with Gasteiger partial charge < -0.3 is 14.8 Å². The van der Waals surface area contributed by atoms with Gasteiger partial charge >= 0.3 is 12.1 Å². The second kappa shape index (κ2) is 11.3. The van der Waals surface area contributed by atoms with Crippen molar-refractivity contribution in [3.8, 4) is 16.9 Å². The van der Waals surface area contributed by atoms with E-state index in [4.69, 9.17) is 9.90 Å². The van der Waals surface area contributed by atoms with Crippen LogP contribution in [0, 0.1) is 0 Å². The average molecular weight is 514 g/mol. The highest BCUT2D eigenvalue weighted by Crippen LogP contribution is 2.23. The third kappa shape index (κ3) is 6.35. The topological polar surface area (TPSA) is 102 Å². The molecule has 8 nitrogen and oxygen atoms in total. The number of pyridine rings is 2. The molecule has 4 aromatic rings. The van der Waals surface area contributed by atoms with Crippen LogP contribution in [0.3, 0.4) is 0 Å². The van der Waals surface area contributed by atoms with Crippen molar-refractivity contribution in [1.82, 2.24) is 24.5 Å². The Balaban J connectivity index is 0.000000405. The van der Waals surface area contributed by atoms with Crippen LogP contribution in [0.4, 0.5) is 13.2 Å². The molecule has 0 radical (unpaired) electrons. The van der Waals surface area contributed by atoms with E-state index in [1.807, 2.05) is 30.5 Å². The maximum Gasteiger partial charge on any atom is 0.490 e. The van der Waals surface area contributed by atoms with Crippen LogP contribution in [-0.2, 0) is 4.79 Å². The molecular weight excluding hydrogens is 487 g/mol. The second-order valence-electron chi connectivity index (χ2n) is 8.74. The Morgan fingerprint density at radius 3 is 2.30 bits per heavy atom. The maximum absolute atomic E-state index is 13.0. The molecule has 1 aliphatic rings. The van der Waals surface area contributed by atoms with Crippen LogP contribution >= 0.6 is 0 Å². The number of carbonyl (C=O) groups excluding carboxylic acids is 1. The van der Waals surface area contributed by atoms with Gasteiger partial charge in [-0.3, -0.25) is 9.78 Å². The summed E-state index contributed by atoms with van der Waals surface area (Å²) in [6.07, 6.45) is 9.30. The quantitative estimate of drug-likeness (QED) is 0.362. The smallest absolute Gasteiger partial charge is 0.475 e. The zero-order chi connectivity index (χ0) is 26.4. The Kier molecular flexibility index (Phi) is 7.90. The number of hydrogen-bond acceptors (Lipinski definition) is 4. The first-order chi connectivity index (χ1) is 17.7. The van der Waals surface area contributed by atoms with Crippen molar-refractivity contribution >= 4 is 17.4 Å². The van der Waals surface area contributed by atoms with Crippen LogP contribution in [0.2, 0.25) is 0 Å². The Morgan fingerprint density at radius 2 is 1.65 bits per heavy atom. The number of nitrogens with one attached hydrogen (secondary N) is 1. The lowest BCUT2D eigenvalue weighted by Gasteiger charge is -2.16. The molecule has 0 atom stereocenters. The number of fused-ring (bicyclic) bond motifs is 1. The molecule has 0 aliphatic heterocycles. The summed E-state index contributed by atoms with van der Waals surface area (Å²) in [5.41, 5.74) is 3.71. The SMILES string of the molecule is O=C(NC1CCCCCC1)c1ccnn1-c1ccc2ccc(-c3cccnc3)cn12.O=C(O)C(F)(F)F. The van der Waals surface area contributed by atoms with Gasteiger partial charge in [0.05, 0.1) is 6.20 Å². The molecule has 1 fully saturated rings. The summed E-state index contributed by atoms with van der Waals surface area (Å²) in [6.45, 7) is 0. The lowest BCUT2D eigenvalue weighted by atomic mass is 10.1. The standard InChI is InChI=1S/C24H25N5O.C2HF3O2/c30-24(27-20-7-3-1-2-4-8-20)22-13-15-26-29(22)23-12-11-21-10-9-19(17-28(21)23)18-6-5-14-25-16-18;3-2(4,5)1(6)7/h5-6,9-17,20H,1-4,7-8H2,(H,27,30);(H,6,7). The van der Waals surface area contributed by atoms with Crippen molar-refractivity contribution in [1.29, 1.82) is 0 Å². The number of hydrogen-bond donors (Lipinski definition) is 2. The lowest BCUT2D eigenvalue weighted by molar-refractivity contribution is -0.192. The summed E-state index contributed by atoms with van der Waals surface area (Å²) >= 11 is 0. The predicted molar refractivity (Wildman–Crippen MR) is 130 cm³/mol. The molecule has 1 saturated carbocycles. The van der Waals surface area contributed by atoms with E-state index in [-0.39, 0.29) is 11.9 Å². The molecule has 0 bridgehead atoms. The van der Waals surface area contributed by atoms with Crippen molar-refractivity contribution < 1.29 is 27.9 Å². The molecular formula is C26H26F3N5O3. The van der Waals surface area contributed by atoms with E-state index in [1.54, 1.807) is 23.1 Å². The normalized spacial score (nSPS) is 14.5. The number of aliphatic carboxylic acids is 1. The van der Waals surface area contributed by atoms with Gasteiger partial charge in [-0.25, -0.2) is 9.48 Å². The zero-order valence-electron chi connectivity index (χ0n) is 19.9. The van der Waals surface area contributed by atoms with Gasteiger partial charge in [0.25, 0.3) is 5.91 Å². The number of alkyl halides is 3. The number of halogens is 3. The minimum Gasteiger partial charge on any atom is -0.475 e. The van der Waals surface area contributed by atoms with Crippen LogP contribution in [0.1, 0.15) is 49.0 Å². The van der Waals surface area contributed by atoms with Gasteiger partial charge in [-0.1, -0.05) is 37.8 Å². The molecule has 5 rings (SSSR count). The highest BCUT2D eigenvalue weighted by molar-refractivity contribution is 5.93. The van der Waals surface area contributed by atoms with Crippen LogP contribution < -0.4 is 5.32 Å². The fourth-order valence-electron chi connectivity index (χ4n) is 4.30. The lowest BCUT2D eigenvalue weighted by Crippen LogP contribution is -2.35. The minimum atomic E-state index is -5.08. The maximum atomic E-state index is 13.0. The molecule has 194 valence electrons. The second-order valence-corrected chi connectivity index (χ2v) is 8.74. The molecule has 1 amide bonds.